The molecule has 0 aliphatic carbocycles. The zero-order valence-corrected chi connectivity index (χ0v) is 31.9. The number of hydrogen-bond acceptors (Lipinski definition) is 5. The minimum absolute atomic E-state index is 0.0199. The second kappa shape index (κ2) is 36.6. The fraction of sp³-hybridized carbons (Fsp3) is 0.927. The van der Waals surface area contributed by atoms with Gasteiger partial charge in [-0.05, 0) is 57.9 Å². The highest BCUT2D eigenvalue weighted by molar-refractivity contribution is 5.83. The highest BCUT2D eigenvalue weighted by atomic mass is 16.5. The largest absolute Gasteiger partial charge is 0.480 e. The maximum absolute atomic E-state index is 12.7. The number of aliphatic carboxylic acids is 1. The van der Waals surface area contributed by atoms with Gasteiger partial charge in [0.1, 0.15) is 12.1 Å². The molecule has 0 saturated carbocycles. The molecule has 7 heteroatoms. The molecular formula is C41H80N2O5. The highest BCUT2D eigenvalue weighted by Gasteiger charge is 2.19. The molecule has 0 bridgehead atoms. The van der Waals surface area contributed by atoms with E-state index in [1.54, 1.807) is 0 Å². The Kier molecular flexibility index (Phi) is 35.4. The minimum atomic E-state index is -1.00. The van der Waals surface area contributed by atoms with Crippen molar-refractivity contribution in [2.75, 3.05) is 6.54 Å². The van der Waals surface area contributed by atoms with Crippen LogP contribution in [0.3, 0.4) is 0 Å². The average Bonchev–Trinajstić information content (AvgIpc) is 3.07. The first-order valence-corrected chi connectivity index (χ1v) is 20.9. The first-order valence-electron chi connectivity index (χ1n) is 20.9. The number of carboxylic acids is 1. The maximum atomic E-state index is 12.7. The van der Waals surface area contributed by atoms with Gasteiger partial charge in [-0.1, -0.05) is 162 Å². The maximum Gasteiger partial charge on any atom is 0.326 e. The van der Waals surface area contributed by atoms with Crippen LogP contribution in [0.4, 0.5) is 0 Å². The van der Waals surface area contributed by atoms with Crippen LogP contribution in [-0.4, -0.2) is 41.6 Å². The van der Waals surface area contributed by atoms with Gasteiger partial charge in [0, 0.05) is 12.8 Å². The van der Waals surface area contributed by atoms with Gasteiger partial charge in [-0.3, -0.25) is 9.59 Å². The van der Waals surface area contributed by atoms with Gasteiger partial charge in [-0.15, -0.1) is 0 Å². The summed E-state index contributed by atoms with van der Waals surface area (Å²) in [5.41, 5.74) is 5.48. The predicted octanol–water partition coefficient (Wildman–Crippen LogP) is 11.3. The van der Waals surface area contributed by atoms with Crippen LogP contribution >= 0.6 is 0 Å². The lowest BCUT2D eigenvalue weighted by Gasteiger charge is -2.18. The molecule has 0 spiro atoms. The molecule has 7 nitrogen and oxygen atoms in total. The molecular weight excluding hydrogens is 600 g/mol. The van der Waals surface area contributed by atoms with Gasteiger partial charge in [-0.2, -0.15) is 0 Å². The third-order valence-electron chi connectivity index (χ3n) is 9.67. The summed E-state index contributed by atoms with van der Waals surface area (Å²) in [4.78, 5) is 36.2. The Bertz CT molecular complexity index is 732. The molecule has 2 atom stereocenters. The lowest BCUT2D eigenvalue weighted by molar-refractivity contribution is -0.150. The Labute approximate surface area is 297 Å². The summed E-state index contributed by atoms with van der Waals surface area (Å²) in [6.45, 7) is 4.94. The van der Waals surface area contributed by atoms with E-state index in [1.807, 2.05) is 0 Å². The SMILES string of the molecule is CCCCCCCCCCCCCCCCC(CCCCCCCC(=O)NC(CCCN)C(=O)O)OC(=O)CCCCCCCCCC. The van der Waals surface area contributed by atoms with Crippen molar-refractivity contribution in [3.8, 4) is 0 Å². The number of rotatable bonds is 38. The monoisotopic (exact) mass is 681 g/mol. The van der Waals surface area contributed by atoms with Crippen LogP contribution in [0.15, 0.2) is 0 Å². The highest BCUT2D eigenvalue weighted by Crippen LogP contribution is 2.19. The number of nitrogens with one attached hydrogen (secondary N) is 1. The smallest absolute Gasteiger partial charge is 0.326 e. The molecule has 0 aliphatic rings. The summed E-state index contributed by atoms with van der Waals surface area (Å²) < 4.78 is 6.02. The number of hydrogen-bond donors (Lipinski definition) is 3. The van der Waals surface area contributed by atoms with Crippen molar-refractivity contribution in [1.29, 1.82) is 0 Å². The Hall–Kier alpha value is -1.63. The molecule has 0 aliphatic heterocycles. The lowest BCUT2D eigenvalue weighted by Crippen LogP contribution is -2.40. The number of carbonyl (C=O) groups excluding carboxylic acids is 2. The van der Waals surface area contributed by atoms with E-state index >= 15 is 0 Å². The first-order chi connectivity index (χ1) is 23.4. The number of amides is 1. The third-order valence-corrected chi connectivity index (χ3v) is 9.67. The van der Waals surface area contributed by atoms with Crippen molar-refractivity contribution in [2.45, 2.75) is 238 Å². The van der Waals surface area contributed by atoms with E-state index in [0.717, 1.165) is 64.2 Å². The van der Waals surface area contributed by atoms with Gasteiger partial charge in [0.05, 0.1) is 0 Å². The van der Waals surface area contributed by atoms with Gasteiger partial charge in [-0.25, -0.2) is 4.79 Å². The van der Waals surface area contributed by atoms with Crippen molar-refractivity contribution in [3.63, 3.8) is 0 Å². The van der Waals surface area contributed by atoms with E-state index < -0.39 is 12.0 Å². The molecule has 0 saturated heterocycles. The van der Waals surface area contributed by atoms with E-state index in [1.165, 1.54) is 122 Å². The first kappa shape index (κ1) is 46.4. The molecule has 48 heavy (non-hydrogen) atoms. The third kappa shape index (κ3) is 32.9. The number of nitrogens with two attached hydrogens (primary N) is 1. The normalized spacial score (nSPS) is 12.6. The molecule has 0 radical (unpaired) electrons. The van der Waals surface area contributed by atoms with Gasteiger partial charge >= 0.3 is 11.9 Å². The van der Waals surface area contributed by atoms with Crippen molar-refractivity contribution < 1.29 is 24.2 Å². The standard InChI is InChI=1S/C41H80N2O5/c1-3-5-7-9-11-13-14-15-16-17-18-19-22-26-31-37(48-40(45)35-29-25-20-12-10-8-6-4-2)32-27-23-21-24-28-34-39(44)43-38(41(46)47)33-30-36-42/h37-38H,3-36,42H2,1-2H3,(H,43,44)(H,46,47). The Balaban J connectivity index is 4.26. The molecule has 284 valence electrons. The van der Waals surface area contributed by atoms with Crippen molar-refractivity contribution in [3.05, 3.63) is 0 Å². The van der Waals surface area contributed by atoms with Crippen LogP contribution < -0.4 is 11.1 Å². The number of unbranched alkanes of at least 4 members (excludes halogenated alkanes) is 24. The molecule has 0 fully saturated rings. The predicted molar refractivity (Wildman–Crippen MR) is 202 cm³/mol. The summed E-state index contributed by atoms with van der Waals surface area (Å²) in [7, 11) is 0. The van der Waals surface area contributed by atoms with E-state index in [0.29, 0.717) is 32.2 Å². The molecule has 0 aromatic rings. The van der Waals surface area contributed by atoms with E-state index in [4.69, 9.17) is 10.5 Å². The van der Waals surface area contributed by atoms with E-state index in [9.17, 15) is 19.5 Å². The van der Waals surface area contributed by atoms with Crippen LogP contribution in [0.5, 0.6) is 0 Å². The van der Waals surface area contributed by atoms with Crippen LogP contribution in [0.1, 0.15) is 226 Å². The molecule has 2 unspecified atom stereocenters. The number of carboxylic acid groups (broad SMARTS) is 1. The van der Waals surface area contributed by atoms with Crippen molar-refractivity contribution in [2.24, 2.45) is 5.73 Å². The molecule has 0 aromatic carbocycles. The Morgan fingerprint density at radius 3 is 1.29 bits per heavy atom. The molecule has 1 amide bonds. The Morgan fingerprint density at radius 2 is 0.896 bits per heavy atom. The molecule has 0 rings (SSSR count). The number of ether oxygens (including phenoxy) is 1. The van der Waals surface area contributed by atoms with Gasteiger partial charge in [0.25, 0.3) is 0 Å². The topological polar surface area (TPSA) is 119 Å². The summed E-state index contributed by atoms with van der Waals surface area (Å²) in [5, 5.41) is 11.9. The molecule has 0 heterocycles. The van der Waals surface area contributed by atoms with E-state index in [-0.39, 0.29) is 18.0 Å². The quantitative estimate of drug-likeness (QED) is 0.0441. The van der Waals surface area contributed by atoms with Gasteiger partial charge < -0.3 is 20.9 Å². The van der Waals surface area contributed by atoms with Crippen LogP contribution in [0.2, 0.25) is 0 Å². The van der Waals surface area contributed by atoms with Crippen molar-refractivity contribution in [1.82, 2.24) is 5.32 Å². The van der Waals surface area contributed by atoms with Crippen molar-refractivity contribution >= 4 is 17.8 Å². The Morgan fingerprint density at radius 1 is 0.521 bits per heavy atom. The zero-order chi connectivity index (χ0) is 35.3. The molecule has 4 N–H and O–H groups in total. The lowest BCUT2D eigenvalue weighted by atomic mass is 10.0. The summed E-state index contributed by atoms with van der Waals surface area (Å²) in [6, 6.07) is -0.851. The van der Waals surface area contributed by atoms with Crippen LogP contribution in [-0.2, 0) is 19.1 Å². The summed E-state index contributed by atoms with van der Waals surface area (Å²) in [6.07, 6.45) is 37.2. The van der Waals surface area contributed by atoms with Crippen LogP contribution in [0, 0.1) is 0 Å². The van der Waals surface area contributed by atoms with Gasteiger partial charge in [0.15, 0.2) is 0 Å². The number of esters is 1. The van der Waals surface area contributed by atoms with E-state index in [2.05, 4.69) is 19.2 Å². The molecule has 0 aromatic heterocycles. The second-order valence-corrected chi connectivity index (χ2v) is 14.4. The fourth-order valence-electron chi connectivity index (χ4n) is 6.51. The average molecular weight is 681 g/mol. The minimum Gasteiger partial charge on any atom is -0.480 e. The summed E-state index contributed by atoms with van der Waals surface area (Å²) in [5.74, 6) is -1.22. The number of carbonyl (C=O) groups is 3. The second-order valence-electron chi connectivity index (χ2n) is 14.4. The summed E-state index contributed by atoms with van der Waals surface area (Å²) >= 11 is 0. The fourth-order valence-corrected chi connectivity index (χ4v) is 6.51. The van der Waals surface area contributed by atoms with Gasteiger partial charge in [0.2, 0.25) is 5.91 Å². The van der Waals surface area contributed by atoms with Crippen LogP contribution in [0.25, 0.3) is 0 Å². The zero-order valence-electron chi connectivity index (χ0n) is 31.9.